The number of aryl methyl sites for hydroxylation is 1. The van der Waals surface area contributed by atoms with Crippen molar-refractivity contribution in [2.24, 2.45) is 0 Å². The monoisotopic (exact) mass is 166 g/mol. The predicted octanol–water partition coefficient (Wildman–Crippen LogP) is 1.49. The number of hydrogen-bond donors (Lipinski definition) is 2. The summed E-state index contributed by atoms with van der Waals surface area (Å²) in [6.07, 6.45) is 1.48. The molecule has 2 N–H and O–H groups in total. The Hall–Kier alpha value is -1.02. The first kappa shape index (κ1) is 9.07. The van der Waals surface area contributed by atoms with E-state index in [-0.39, 0.29) is 6.61 Å². The summed E-state index contributed by atoms with van der Waals surface area (Å²) in [6, 6.07) is 5.46. The molecule has 0 saturated carbocycles. The molecule has 0 unspecified atom stereocenters. The van der Waals surface area contributed by atoms with Gasteiger partial charge in [0.15, 0.2) is 0 Å². The van der Waals surface area contributed by atoms with E-state index >= 15 is 0 Å². The minimum atomic E-state index is 0.161. The molecule has 0 amide bonds. The number of aliphatic hydroxyl groups excluding tert-OH is 1. The minimum Gasteiger partial charge on any atom is -0.508 e. The SMILES string of the molecule is CCc1cc(CCO)ccc1O. The lowest BCUT2D eigenvalue weighted by atomic mass is 10.1. The van der Waals surface area contributed by atoms with Gasteiger partial charge in [-0.25, -0.2) is 0 Å². The molecular weight excluding hydrogens is 152 g/mol. The van der Waals surface area contributed by atoms with Crippen LogP contribution in [0, 0.1) is 0 Å². The van der Waals surface area contributed by atoms with Crippen molar-refractivity contribution in [2.75, 3.05) is 6.61 Å². The molecule has 0 aliphatic heterocycles. The van der Waals surface area contributed by atoms with Gasteiger partial charge in [0.2, 0.25) is 0 Å². The fraction of sp³-hybridized carbons (Fsp3) is 0.400. The zero-order valence-corrected chi connectivity index (χ0v) is 7.25. The maximum absolute atomic E-state index is 9.34. The van der Waals surface area contributed by atoms with E-state index in [9.17, 15) is 5.11 Å². The molecular formula is C10H14O2. The van der Waals surface area contributed by atoms with Crippen molar-refractivity contribution in [2.45, 2.75) is 19.8 Å². The van der Waals surface area contributed by atoms with Gasteiger partial charge in [0.25, 0.3) is 0 Å². The number of rotatable bonds is 3. The summed E-state index contributed by atoms with van der Waals surface area (Å²) in [5, 5.41) is 18.0. The highest BCUT2D eigenvalue weighted by Gasteiger charge is 1.99. The molecule has 12 heavy (non-hydrogen) atoms. The molecule has 0 fully saturated rings. The molecule has 2 heteroatoms. The van der Waals surface area contributed by atoms with Crippen LogP contribution < -0.4 is 0 Å². The largest absolute Gasteiger partial charge is 0.508 e. The van der Waals surface area contributed by atoms with Gasteiger partial charge in [0.05, 0.1) is 0 Å². The lowest BCUT2D eigenvalue weighted by molar-refractivity contribution is 0.299. The van der Waals surface area contributed by atoms with Crippen LogP contribution in [0.5, 0.6) is 5.75 Å². The first-order valence-corrected chi connectivity index (χ1v) is 4.19. The first-order valence-electron chi connectivity index (χ1n) is 4.19. The standard InChI is InChI=1S/C10H14O2/c1-2-9-7-8(5-6-11)3-4-10(9)12/h3-4,7,11-12H,2,5-6H2,1H3. The van der Waals surface area contributed by atoms with Crippen molar-refractivity contribution in [3.8, 4) is 5.75 Å². The number of hydrogen-bond acceptors (Lipinski definition) is 2. The van der Waals surface area contributed by atoms with E-state index in [1.807, 2.05) is 19.1 Å². The Morgan fingerprint density at radius 3 is 2.67 bits per heavy atom. The summed E-state index contributed by atoms with van der Waals surface area (Å²) in [5.41, 5.74) is 2.02. The quantitative estimate of drug-likeness (QED) is 0.714. The fourth-order valence-electron chi connectivity index (χ4n) is 1.21. The van der Waals surface area contributed by atoms with Crippen LogP contribution in [-0.4, -0.2) is 16.8 Å². The summed E-state index contributed by atoms with van der Waals surface area (Å²) in [6.45, 7) is 2.16. The average molecular weight is 166 g/mol. The van der Waals surface area contributed by atoms with E-state index in [1.54, 1.807) is 6.07 Å². The Labute approximate surface area is 72.5 Å². The van der Waals surface area contributed by atoms with Crippen molar-refractivity contribution < 1.29 is 10.2 Å². The Balaban J connectivity index is 2.89. The smallest absolute Gasteiger partial charge is 0.118 e. The van der Waals surface area contributed by atoms with Crippen LogP contribution in [-0.2, 0) is 12.8 Å². The van der Waals surface area contributed by atoms with Gasteiger partial charge in [-0.2, -0.15) is 0 Å². The highest BCUT2D eigenvalue weighted by Crippen LogP contribution is 2.18. The van der Waals surface area contributed by atoms with Crippen LogP contribution in [0.1, 0.15) is 18.1 Å². The Morgan fingerprint density at radius 2 is 2.08 bits per heavy atom. The molecule has 1 aromatic carbocycles. The molecule has 0 spiro atoms. The molecule has 0 bridgehead atoms. The first-order chi connectivity index (χ1) is 5.77. The lowest BCUT2D eigenvalue weighted by Gasteiger charge is -2.04. The molecule has 66 valence electrons. The fourth-order valence-corrected chi connectivity index (χ4v) is 1.21. The van der Waals surface area contributed by atoms with Crippen molar-refractivity contribution in [1.82, 2.24) is 0 Å². The zero-order chi connectivity index (χ0) is 8.97. The maximum Gasteiger partial charge on any atom is 0.118 e. The second-order valence-corrected chi connectivity index (χ2v) is 2.79. The molecule has 0 aliphatic carbocycles. The van der Waals surface area contributed by atoms with Gasteiger partial charge >= 0.3 is 0 Å². The van der Waals surface area contributed by atoms with E-state index in [0.717, 1.165) is 17.5 Å². The van der Waals surface area contributed by atoms with Crippen molar-refractivity contribution in [3.05, 3.63) is 29.3 Å². The zero-order valence-electron chi connectivity index (χ0n) is 7.25. The van der Waals surface area contributed by atoms with Crippen LogP contribution >= 0.6 is 0 Å². The highest BCUT2D eigenvalue weighted by molar-refractivity contribution is 5.36. The molecule has 2 nitrogen and oxygen atoms in total. The minimum absolute atomic E-state index is 0.161. The summed E-state index contributed by atoms with van der Waals surface area (Å²) >= 11 is 0. The van der Waals surface area contributed by atoms with Gasteiger partial charge in [-0.15, -0.1) is 0 Å². The van der Waals surface area contributed by atoms with Crippen molar-refractivity contribution in [1.29, 1.82) is 0 Å². The molecule has 0 aliphatic rings. The van der Waals surface area contributed by atoms with Gasteiger partial charge < -0.3 is 10.2 Å². The Morgan fingerprint density at radius 1 is 1.33 bits per heavy atom. The number of aliphatic hydroxyl groups is 1. The normalized spacial score (nSPS) is 10.2. The summed E-state index contributed by atoms with van der Waals surface area (Å²) in [7, 11) is 0. The third kappa shape index (κ3) is 1.98. The van der Waals surface area contributed by atoms with Crippen LogP contribution in [0.15, 0.2) is 18.2 Å². The number of aromatic hydroxyl groups is 1. The lowest BCUT2D eigenvalue weighted by Crippen LogP contribution is -1.92. The summed E-state index contributed by atoms with van der Waals surface area (Å²) < 4.78 is 0. The third-order valence-corrected chi connectivity index (χ3v) is 1.93. The van der Waals surface area contributed by atoms with Gasteiger partial charge in [-0.05, 0) is 30.0 Å². The molecule has 0 atom stereocenters. The van der Waals surface area contributed by atoms with Crippen LogP contribution in [0.2, 0.25) is 0 Å². The maximum atomic E-state index is 9.34. The predicted molar refractivity (Wildman–Crippen MR) is 48.3 cm³/mol. The van der Waals surface area contributed by atoms with Crippen LogP contribution in [0.3, 0.4) is 0 Å². The molecule has 0 heterocycles. The number of phenols is 1. The summed E-state index contributed by atoms with van der Waals surface area (Å²) in [5.74, 6) is 0.346. The van der Waals surface area contributed by atoms with Crippen LogP contribution in [0.4, 0.5) is 0 Å². The van der Waals surface area contributed by atoms with Gasteiger partial charge in [-0.1, -0.05) is 19.1 Å². The molecule has 0 aromatic heterocycles. The second-order valence-electron chi connectivity index (χ2n) is 2.79. The number of benzene rings is 1. The van der Waals surface area contributed by atoms with Crippen LogP contribution in [0.25, 0.3) is 0 Å². The van der Waals surface area contributed by atoms with Crippen molar-refractivity contribution in [3.63, 3.8) is 0 Å². The molecule has 1 aromatic rings. The van der Waals surface area contributed by atoms with E-state index in [4.69, 9.17) is 5.11 Å². The molecule has 0 radical (unpaired) electrons. The topological polar surface area (TPSA) is 40.5 Å². The molecule has 1 rings (SSSR count). The van der Waals surface area contributed by atoms with Gasteiger partial charge in [0.1, 0.15) is 5.75 Å². The Kier molecular flexibility index (Phi) is 3.11. The average Bonchev–Trinajstić information content (AvgIpc) is 2.09. The van der Waals surface area contributed by atoms with E-state index in [1.165, 1.54) is 0 Å². The summed E-state index contributed by atoms with van der Waals surface area (Å²) in [4.78, 5) is 0. The third-order valence-electron chi connectivity index (χ3n) is 1.93. The van der Waals surface area contributed by atoms with E-state index < -0.39 is 0 Å². The highest BCUT2D eigenvalue weighted by atomic mass is 16.3. The van der Waals surface area contributed by atoms with Gasteiger partial charge in [-0.3, -0.25) is 0 Å². The molecule has 0 saturated heterocycles. The Bertz CT molecular complexity index is 256. The van der Waals surface area contributed by atoms with Crippen molar-refractivity contribution >= 4 is 0 Å². The second kappa shape index (κ2) is 4.12. The number of phenolic OH excluding ortho intramolecular Hbond substituents is 1. The van der Waals surface area contributed by atoms with E-state index in [2.05, 4.69) is 0 Å². The van der Waals surface area contributed by atoms with E-state index in [0.29, 0.717) is 12.2 Å². The van der Waals surface area contributed by atoms with Gasteiger partial charge in [0, 0.05) is 6.61 Å².